The molecule has 2 N–H and O–H groups in total. The normalized spacial score (nSPS) is 17.0. The highest BCUT2D eigenvalue weighted by Gasteiger charge is 2.20. The third-order valence-corrected chi connectivity index (χ3v) is 16.1. The highest BCUT2D eigenvalue weighted by molar-refractivity contribution is 8.01. The van der Waals surface area contributed by atoms with Gasteiger partial charge in [-0.2, -0.15) is 17.0 Å². The first kappa shape index (κ1) is 46.5. The van der Waals surface area contributed by atoms with E-state index in [1.165, 1.54) is 54.2 Å². The largest absolute Gasteiger partial charge is 0.397 e. The van der Waals surface area contributed by atoms with Gasteiger partial charge in [-0.25, -0.2) is 24.3 Å². The summed E-state index contributed by atoms with van der Waals surface area (Å²) in [6, 6.07) is 6.93. The van der Waals surface area contributed by atoms with Crippen molar-refractivity contribution in [2.45, 2.75) is 25.7 Å². The highest BCUT2D eigenvalue weighted by atomic mass is 35.5. The van der Waals surface area contributed by atoms with E-state index in [9.17, 15) is 0 Å². The maximum absolute atomic E-state index is 8.59. The van der Waals surface area contributed by atoms with Gasteiger partial charge in [0.05, 0.1) is 67.6 Å². The van der Waals surface area contributed by atoms with Crippen LogP contribution in [0.3, 0.4) is 0 Å². The van der Waals surface area contributed by atoms with Gasteiger partial charge in [0.1, 0.15) is 20.6 Å². The van der Waals surface area contributed by atoms with Crippen LogP contribution in [0, 0.1) is 11.5 Å². The van der Waals surface area contributed by atoms with E-state index in [0.29, 0.717) is 41.2 Å². The smallest absolute Gasteiger partial charge is 0.213 e. The van der Waals surface area contributed by atoms with E-state index in [4.69, 9.17) is 104 Å². The highest BCUT2D eigenvalue weighted by Crippen LogP contribution is 2.32. The fourth-order valence-electron chi connectivity index (χ4n) is 4.25. The summed E-state index contributed by atoms with van der Waals surface area (Å²) in [4.78, 5) is 15.6. The molecule has 4 aliphatic rings. The fourth-order valence-corrected chi connectivity index (χ4v) is 9.29. The molecule has 0 saturated carbocycles. The monoisotopic (exact) mass is 978 g/mol. The van der Waals surface area contributed by atoms with Crippen LogP contribution in [0.25, 0.3) is 0 Å². The lowest BCUT2D eigenvalue weighted by molar-refractivity contribution is 0.986. The number of anilines is 3. The Labute approximate surface area is 374 Å². The van der Waals surface area contributed by atoms with E-state index < -0.39 is 0 Å². The Bertz CT molecular complexity index is 1990. The average Bonchev–Trinajstić information content (AvgIpc) is 3.83. The van der Waals surface area contributed by atoms with Crippen molar-refractivity contribution in [1.29, 1.82) is 5.26 Å². The van der Waals surface area contributed by atoms with Crippen LogP contribution in [0.15, 0.2) is 57.8 Å². The Hall–Kier alpha value is -1.19. The maximum Gasteiger partial charge on any atom is 0.213 e. The van der Waals surface area contributed by atoms with Crippen LogP contribution < -0.4 is 14.3 Å². The molecule has 0 aromatic carbocycles. The SMILES string of the molecule is C1CSC1.Clc1cc(N2CCCS2)cnc1Cl.Clc1cc(N=S2CCC2)cnc1Cl.N#CN=S1CCCN1c1cnc(Cl)c(Cl)c1.Nc1cnc(Cl)c(Cl)c1. The number of thioether (sulfide) groups is 1. The van der Waals surface area contributed by atoms with Gasteiger partial charge in [0.25, 0.3) is 0 Å². The minimum atomic E-state index is -0.375. The molecule has 1 unspecified atom stereocenters. The molecule has 0 spiro atoms. The second kappa shape index (κ2) is 24.7. The van der Waals surface area contributed by atoms with Crippen molar-refractivity contribution in [3.05, 3.63) is 89.8 Å². The van der Waals surface area contributed by atoms with E-state index in [0.717, 1.165) is 42.3 Å². The molecule has 0 radical (unpaired) electrons. The van der Waals surface area contributed by atoms with E-state index in [1.807, 2.05) is 28.3 Å². The summed E-state index contributed by atoms with van der Waals surface area (Å²) >= 11 is 49.6. The summed E-state index contributed by atoms with van der Waals surface area (Å²) in [7, 11) is -0.154. The van der Waals surface area contributed by atoms with E-state index in [2.05, 4.69) is 33.0 Å². The molecule has 8 heterocycles. The maximum atomic E-state index is 8.59. The second-order valence-corrected chi connectivity index (χ2v) is 20.2. The predicted octanol–water partition coefficient (Wildman–Crippen LogP) is 12.4. The van der Waals surface area contributed by atoms with E-state index in [1.54, 1.807) is 48.7 Å². The van der Waals surface area contributed by atoms with Crippen LogP contribution in [-0.4, -0.2) is 67.5 Å². The summed E-state index contributed by atoms with van der Waals surface area (Å²) in [6.07, 6.45) is 13.4. The van der Waals surface area contributed by atoms with Crippen molar-refractivity contribution in [3.63, 3.8) is 0 Å². The molecule has 4 aromatic heterocycles. The van der Waals surface area contributed by atoms with Gasteiger partial charge < -0.3 is 14.3 Å². The summed E-state index contributed by atoms with van der Waals surface area (Å²) in [6.45, 7) is 1.93. The number of hydrogen-bond donors (Lipinski definition) is 1. The van der Waals surface area contributed by atoms with Crippen LogP contribution in [-0.2, 0) is 21.6 Å². The van der Waals surface area contributed by atoms with Crippen molar-refractivity contribution in [2.24, 2.45) is 8.73 Å². The Morgan fingerprint density at radius 3 is 1.67 bits per heavy atom. The molecule has 10 nitrogen and oxygen atoms in total. The molecule has 4 fully saturated rings. The number of hydrogen-bond acceptors (Lipinski definition) is 11. The van der Waals surface area contributed by atoms with Crippen LogP contribution in [0.2, 0.25) is 40.7 Å². The molecule has 296 valence electrons. The van der Waals surface area contributed by atoms with Crippen molar-refractivity contribution < 1.29 is 0 Å². The molecule has 4 aromatic rings. The van der Waals surface area contributed by atoms with Gasteiger partial charge in [-0.1, -0.05) is 103 Å². The number of aromatic nitrogens is 4. The minimum absolute atomic E-state index is 0.221. The van der Waals surface area contributed by atoms with Gasteiger partial charge in [0.15, 0.2) is 0 Å². The summed E-state index contributed by atoms with van der Waals surface area (Å²) in [5.41, 5.74) is 8.59. The van der Waals surface area contributed by atoms with Crippen LogP contribution >= 0.6 is 117 Å². The molecule has 0 aliphatic carbocycles. The number of nitrogens with zero attached hydrogens (tertiary/aromatic N) is 9. The third-order valence-electron chi connectivity index (χ3n) is 7.15. The van der Waals surface area contributed by atoms with Crippen LogP contribution in [0.1, 0.15) is 25.7 Å². The van der Waals surface area contributed by atoms with Gasteiger partial charge in [-0.3, -0.25) is 0 Å². The number of nitriles is 1. The van der Waals surface area contributed by atoms with Crippen LogP contribution in [0.4, 0.5) is 22.7 Å². The zero-order valence-corrected chi connectivity index (χ0v) is 38.2. The van der Waals surface area contributed by atoms with Crippen molar-refractivity contribution in [1.82, 2.24) is 19.9 Å². The van der Waals surface area contributed by atoms with E-state index >= 15 is 0 Å². The number of pyridine rings is 4. The lowest BCUT2D eigenvalue weighted by Gasteiger charge is -2.18. The predicted molar refractivity (Wildman–Crippen MR) is 244 cm³/mol. The van der Waals surface area contributed by atoms with Gasteiger partial charge in [-0.05, 0) is 73.4 Å². The van der Waals surface area contributed by atoms with Gasteiger partial charge >= 0.3 is 0 Å². The molecule has 22 heteroatoms. The van der Waals surface area contributed by atoms with Crippen molar-refractivity contribution in [2.75, 3.05) is 62.0 Å². The minimum Gasteiger partial charge on any atom is -0.397 e. The standard InChI is InChI=1S/C9H8Cl2N4S.2C8H8Cl2N2S.C5H4Cl2N2.C3H6S/c10-8-4-7(5-13-9(8)11)15-2-1-3-16(15)14-6-12;9-7-4-6(5-11-8(7)10)12-13-2-1-3-13;9-7-4-6(5-11-8(7)10)12-2-1-3-13-12;6-4-1-3(8)2-9-5(4)7;1-2-4-3-1/h4-5H,1-3H2;2*4-5H,1-3H2;1-2H,8H2;1-3H2. The average molecular weight is 983 g/mol. The quantitative estimate of drug-likeness (QED) is 0.120. The lowest BCUT2D eigenvalue weighted by Crippen LogP contribution is -2.19. The first-order chi connectivity index (χ1) is 26.4. The number of nitrogens with two attached hydrogens (primary N) is 1. The first-order valence-electron chi connectivity index (χ1n) is 16.4. The number of rotatable bonds is 3. The molecule has 55 heavy (non-hydrogen) atoms. The van der Waals surface area contributed by atoms with Gasteiger partial charge in [0, 0.05) is 47.0 Å². The topological polar surface area (TPSA) is 133 Å². The Kier molecular flexibility index (Phi) is 20.9. The molecule has 0 bridgehead atoms. The summed E-state index contributed by atoms with van der Waals surface area (Å²) in [5.74, 6) is 7.33. The summed E-state index contributed by atoms with van der Waals surface area (Å²) in [5, 5.41) is 11.7. The molecular formula is C33H34Cl8N10S4. The van der Waals surface area contributed by atoms with E-state index in [-0.39, 0.29) is 26.7 Å². The van der Waals surface area contributed by atoms with Crippen molar-refractivity contribution in [3.8, 4) is 6.19 Å². The zero-order chi connectivity index (χ0) is 39.7. The van der Waals surface area contributed by atoms with Crippen LogP contribution in [0.5, 0.6) is 0 Å². The molecular weight excluding hydrogens is 948 g/mol. The molecule has 8 rings (SSSR count). The molecule has 1 atom stereocenters. The fraction of sp³-hybridized carbons (Fsp3) is 0.364. The first-order valence-corrected chi connectivity index (χ1v) is 24.4. The Morgan fingerprint density at radius 2 is 1.20 bits per heavy atom. The number of halogens is 8. The zero-order valence-electron chi connectivity index (χ0n) is 28.9. The molecule has 4 aliphatic heterocycles. The van der Waals surface area contributed by atoms with Crippen molar-refractivity contribution >= 4 is 161 Å². The Morgan fingerprint density at radius 1 is 0.655 bits per heavy atom. The van der Waals surface area contributed by atoms with Gasteiger partial charge in [-0.15, -0.1) is 4.36 Å². The van der Waals surface area contributed by atoms with Gasteiger partial charge in [0.2, 0.25) is 6.19 Å². The third kappa shape index (κ3) is 15.8. The number of nitrogen functional groups attached to an aromatic ring is 1. The second-order valence-electron chi connectivity index (χ2n) is 11.2. The molecule has 4 saturated heterocycles. The lowest BCUT2D eigenvalue weighted by atomic mass is 10.4. The summed E-state index contributed by atoms with van der Waals surface area (Å²) < 4.78 is 12.6. The Balaban J connectivity index is 0.000000160. The molecule has 0 amide bonds.